The van der Waals surface area contributed by atoms with Gasteiger partial charge in [-0.05, 0) is 55.6 Å². The lowest BCUT2D eigenvalue weighted by molar-refractivity contribution is 0.462. The number of fused-ring (bicyclic) bond motifs is 1. The van der Waals surface area contributed by atoms with Gasteiger partial charge in [-0.1, -0.05) is 18.2 Å². The first-order valence-corrected chi connectivity index (χ1v) is 8.18. The van der Waals surface area contributed by atoms with Crippen LogP contribution < -0.4 is 11.1 Å². The summed E-state index contributed by atoms with van der Waals surface area (Å²) in [4.78, 5) is 9.08. The molecular formula is C18H21N5. The van der Waals surface area contributed by atoms with Crippen molar-refractivity contribution in [3.8, 4) is 0 Å². The highest BCUT2D eigenvalue weighted by Gasteiger charge is 2.20. The van der Waals surface area contributed by atoms with Crippen LogP contribution in [0.25, 0.3) is 11.0 Å². The quantitative estimate of drug-likeness (QED) is 0.780. The Morgan fingerprint density at radius 3 is 2.78 bits per heavy atom. The van der Waals surface area contributed by atoms with Crippen LogP contribution in [0.1, 0.15) is 30.0 Å². The fourth-order valence-electron chi connectivity index (χ4n) is 3.47. The third-order valence-electron chi connectivity index (χ3n) is 4.66. The van der Waals surface area contributed by atoms with E-state index in [1.807, 2.05) is 24.4 Å². The van der Waals surface area contributed by atoms with Crippen LogP contribution in [0.3, 0.4) is 0 Å². The zero-order chi connectivity index (χ0) is 15.6. The van der Waals surface area contributed by atoms with Crippen LogP contribution in [-0.2, 0) is 6.54 Å². The number of aromatic nitrogens is 3. The fourth-order valence-corrected chi connectivity index (χ4v) is 3.47. The number of anilines is 1. The molecule has 0 atom stereocenters. The highest BCUT2D eigenvalue weighted by atomic mass is 15.2. The van der Waals surface area contributed by atoms with Crippen molar-refractivity contribution < 1.29 is 0 Å². The molecule has 3 N–H and O–H groups in total. The summed E-state index contributed by atoms with van der Waals surface area (Å²) < 4.78 is 2.06. The molecule has 1 aromatic carbocycles. The Labute approximate surface area is 135 Å². The number of nitrogens with zero attached hydrogens (tertiary/aromatic N) is 3. The Bertz CT molecular complexity index is 803. The second kappa shape index (κ2) is 6.01. The highest BCUT2D eigenvalue weighted by molar-refractivity contribution is 5.82. The zero-order valence-electron chi connectivity index (χ0n) is 13.1. The normalized spacial score (nSPS) is 16.0. The molecule has 1 saturated heterocycles. The Balaban J connectivity index is 1.76. The number of imidazole rings is 1. The number of rotatable bonds is 3. The molecule has 0 amide bonds. The van der Waals surface area contributed by atoms with E-state index in [0.717, 1.165) is 42.7 Å². The van der Waals surface area contributed by atoms with Crippen LogP contribution in [-0.4, -0.2) is 27.6 Å². The summed E-state index contributed by atoms with van der Waals surface area (Å²) in [6, 6.07) is 12.4. The predicted octanol–water partition coefficient (Wildman–Crippen LogP) is 2.53. The van der Waals surface area contributed by atoms with Gasteiger partial charge in [0.25, 0.3) is 0 Å². The molecule has 5 heteroatoms. The van der Waals surface area contributed by atoms with Crippen LogP contribution in [0.5, 0.6) is 0 Å². The largest absolute Gasteiger partial charge is 0.369 e. The third kappa shape index (κ3) is 2.68. The molecule has 3 aromatic rings. The van der Waals surface area contributed by atoms with E-state index in [0.29, 0.717) is 18.4 Å². The minimum absolute atomic E-state index is 0.562. The van der Waals surface area contributed by atoms with Gasteiger partial charge in [0, 0.05) is 6.20 Å². The Morgan fingerprint density at radius 2 is 2.00 bits per heavy atom. The van der Waals surface area contributed by atoms with Gasteiger partial charge in [-0.15, -0.1) is 0 Å². The van der Waals surface area contributed by atoms with Crippen molar-refractivity contribution in [3.05, 3.63) is 53.9 Å². The van der Waals surface area contributed by atoms with E-state index in [1.54, 1.807) is 0 Å². The molecule has 0 spiro atoms. The number of hydrogen-bond donors (Lipinski definition) is 2. The summed E-state index contributed by atoms with van der Waals surface area (Å²) in [6.07, 6.45) is 4.13. The van der Waals surface area contributed by atoms with E-state index in [1.165, 1.54) is 5.56 Å². The van der Waals surface area contributed by atoms with Gasteiger partial charge in [0.1, 0.15) is 0 Å². The van der Waals surface area contributed by atoms with Crippen molar-refractivity contribution in [2.45, 2.75) is 25.3 Å². The van der Waals surface area contributed by atoms with Crippen LogP contribution in [0.2, 0.25) is 0 Å². The van der Waals surface area contributed by atoms with Crippen molar-refractivity contribution in [2.75, 3.05) is 18.8 Å². The van der Waals surface area contributed by atoms with E-state index in [9.17, 15) is 0 Å². The number of pyridine rings is 1. The first-order chi connectivity index (χ1) is 11.3. The van der Waals surface area contributed by atoms with E-state index >= 15 is 0 Å². The van der Waals surface area contributed by atoms with E-state index in [4.69, 9.17) is 5.73 Å². The van der Waals surface area contributed by atoms with Crippen molar-refractivity contribution in [3.63, 3.8) is 0 Å². The highest BCUT2D eigenvalue weighted by Crippen LogP contribution is 2.32. The lowest BCUT2D eigenvalue weighted by Gasteiger charge is -2.23. The third-order valence-corrected chi connectivity index (χ3v) is 4.66. The maximum atomic E-state index is 6.21. The molecule has 0 radical (unpaired) electrons. The van der Waals surface area contributed by atoms with Gasteiger partial charge in [0.05, 0.1) is 23.3 Å². The maximum absolute atomic E-state index is 6.21. The van der Waals surface area contributed by atoms with Crippen molar-refractivity contribution in [2.24, 2.45) is 0 Å². The lowest BCUT2D eigenvalue weighted by Crippen LogP contribution is -2.26. The number of nitrogens with two attached hydrogens (primary N) is 1. The van der Waals surface area contributed by atoms with Gasteiger partial charge >= 0.3 is 0 Å². The van der Waals surface area contributed by atoms with E-state index in [-0.39, 0.29) is 0 Å². The SMILES string of the molecule is Nc1nc2c(C3CCNCC3)cccc2n1Cc1ccccn1. The fraction of sp³-hybridized carbons (Fsp3) is 0.333. The molecule has 2 aromatic heterocycles. The number of para-hydroxylation sites is 1. The maximum Gasteiger partial charge on any atom is 0.201 e. The standard InChI is InChI=1S/C18H21N5/c19-18-22-17-15(13-7-10-20-11-8-13)5-3-6-16(17)23(18)12-14-4-1-2-9-21-14/h1-6,9,13,20H,7-8,10-12H2,(H2,19,22). The molecule has 1 aliphatic rings. The monoisotopic (exact) mass is 307 g/mol. The predicted molar refractivity (Wildman–Crippen MR) is 92.3 cm³/mol. The summed E-state index contributed by atoms with van der Waals surface area (Å²) in [5, 5.41) is 3.42. The summed E-state index contributed by atoms with van der Waals surface area (Å²) in [7, 11) is 0. The Morgan fingerprint density at radius 1 is 1.13 bits per heavy atom. The first kappa shape index (κ1) is 14.2. The van der Waals surface area contributed by atoms with E-state index in [2.05, 4.69) is 38.1 Å². The topological polar surface area (TPSA) is 68.8 Å². The molecule has 5 nitrogen and oxygen atoms in total. The van der Waals surface area contributed by atoms with Crippen molar-refractivity contribution in [1.29, 1.82) is 0 Å². The molecule has 1 aliphatic heterocycles. The van der Waals surface area contributed by atoms with Crippen LogP contribution in [0, 0.1) is 0 Å². The smallest absolute Gasteiger partial charge is 0.201 e. The van der Waals surface area contributed by atoms with Crippen LogP contribution >= 0.6 is 0 Å². The molecule has 4 rings (SSSR count). The van der Waals surface area contributed by atoms with Gasteiger partial charge in [0.15, 0.2) is 0 Å². The summed E-state index contributed by atoms with van der Waals surface area (Å²) in [5.41, 5.74) is 10.7. The minimum atomic E-state index is 0.562. The minimum Gasteiger partial charge on any atom is -0.369 e. The second-order valence-corrected chi connectivity index (χ2v) is 6.12. The molecule has 0 saturated carbocycles. The Hall–Kier alpha value is -2.40. The van der Waals surface area contributed by atoms with Crippen LogP contribution in [0.15, 0.2) is 42.6 Å². The average Bonchev–Trinajstić information content (AvgIpc) is 2.92. The molecule has 0 unspecified atom stereocenters. The number of nitrogen functional groups attached to an aromatic ring is 1. The molecule has 118 valence electrons. The molecular weight excluding hydrogens is 286 g/mol. The molecule has 23 heavy (non-hydrogen) atoms. The molecule has 0 bridgehead atoms. The molecule has 0 aliphatic carbocycles. The van der Waals surface area contributed by atoms with Gasteiger partial charge in [-0.25, -0.2) is 4.98 Å². The second-order valence-electron chi connectivity index (χ2n) is 6.12. The van der Waals surface area contributed by atoms with Gasteiger partial charge in [0.2, 0.25) is 5.95 Å². The molecule has 3 heterocycles. The first-order valence-electron chi connectivity index (χ1n) is 8.18. The van der Waals surface area contributed by atoms with Gasteiger partial charge < -0.3 is 15.6 Å². The number of benzene rings is 1. The molecule has 1 fully saturated rings. The van der Waals surface area contributed by atoms with Crippen LogP contribution in [0.4, 0.5) is 5.95 Å². The summed E-state index contributed by atoms with van der Waals surface area (Å²) in [5.74, 6) is 1.13. The average molecular weight is 307 g/mol. The van der Waals surface area contributed by atoms with Crippen molar-refractivity contribution >= 4 is 17.0 Å². The van der Waals surface area contributed by atoms with Gasteiger partial charge in [-0.3, -0.25) is 4.98 Å². The summed E-state index contributed by atoms with van der Waals surface area (Å²) in [6.45, 7) is 2.80. The number of nitrogens with one attached hydrogen (secondary N) is 1. The number of piperidine rings is 1. The van der Waals surface area contributed by atoms with Crippen molar-refractivity contribution in [1.82, 2.24) is 19.9 Å². The lowest BCUT2D eigenvalue weighted by atomic mass is 9.89. The van der Waals surface area contributed by atoms with Gasteiger partial charge in [-0.2, -0.15) is 0 Å². The zero-order valence-corrected chi connectivity index (χ0v) is 13.1. The number of hydrogen-bond acceptors (Lipinski definition) is 4. The Kier molecular flexibility index (Phi) is 3.71. The van der Waals surface area contributed by atoms with E-state index < -0.39 is 0 Å². The summed E-state index contributed by atoms with van der Waals surface area (Å²) >= 11 is 0.